The van der Waals surface area contributed by atoms with Crippen LogP contribution in [-0.2, 0) is 13.5 Å². The Labute approximate surface area is 122 Å². The number of nitrogens with one attached hydrogen (secondary N) is 2. The van der Waals surface area contributed by atoms with Crippen LogP contribution in [0.4, 0.5) is 5.69 Å². The van der Waals surface area contributed by atoms with Crippen LogP contribution < -0.4 is 10.9 Å². The van der Waals surface area contributed by atoms with Gasteiger partial charge >= 0.3 is 0 Å². The molecule has 0 unspecified atom stereocenters. The predicted molar refractivity (Wildman–Crippen MR) is 85.8 cm³/mol. The van der Waals surface area contributed by atoms with Crippen LogP contribution in [-0.4, -0.2) is 16.1 Å². The van der Waals surface area contributed by atoms with E-state index in [-0.39, 0.29) is 5.56 Å². The fourth-order valence-corrected chi connectivity index (χ4v) is 3.19. The van der Waals surface area contributed by atoms with E-state index in [1.807, 2.05) is 19.3 Å². The minimum absolute atomic E-state index is 0.0365. The summed E-state index contributed by atoms with van der Waals surface area (Å²) in [5.74, 6) is 0. The number of rotatable bonds is 0. The van der Waals surface area contributed by atoms with E-state index in [0.29, 0.717) is 0 Å². The Morgan fingerprint density at radius 2 is 2.10 bits per heavy atom. The smallest absolute Gasteiger partial charge is 0.250 e. The first-order valence-corrected chi connectivity index (χ1v) is 7.28. The normalized spacial score (nSPS) is 14.0. The van der Waals surface area contributed by atoms with E-state index in [2.05, 4.69) is 28.5 Å². The lowest BCUT2D eigenvalue weighted by molar-refractivity contribution is 0.808. The summed E-state index contributed by atoms with van der Waals surface area (Å²) in [4.78, 5) is 15.3. The van der Waals surface area contributed by atoms with E-state index >= 15 is 0 Å². The van der Waals surface area contributed by atoms with Crippen molar-refractivity contribution < 1.29 is 0 Å². The van der Waals surface area contributed by atoms with Gasteiger partial charge < -0.3 is 14.9 Å². The van der Waals surface area contributed by atoms with Gasteiger partial charge in [-0.05, 0) is 36.6 Å². The Bertz CT molecular complexity index is 889. The number of fused-ring (bicyclic) bond motifs is 4. The van der Waals surface area contributed by atoms with Gasteiger partial charge in [0.1, 0.15) is 0 Å². The van der Waals surface area contributed by atoms with Crippen molar-refractivity contribution in [2.45, 2.75) is 12.8 Å². The number of nitrogens with zero attached hydrogens (tertiary/aromatic N) is 1. The van der Waals surface area contributed by atoms with E-state index in [0.717, 1.165) is 41.8 Å². The Kier molecular flexibility index (Phi) is 2.64. The van der Waals surface area contributed by atoms with Gasteiger partial charge in [-0.25, -0.2) is 0 Å². The van der Waals surface area contributed by atoms with E-state index < -0.39 is 0 Å². The summed E-state index contributed by atoms with van der Waals surface area (Å²) in [5, 5.41) is 4.66. The standard InChI is InChI=1S/C17H17N3O/c1-20-16(21)5-4-11-3-2-7-18-15-10-14-12(6-8-19-14)9-13(15)17(11)20/h4-6,8-10,18-19H,2-3,7H2,1H3. The van der Waals surface area contributed by atoms with Crippen LogP contribution in [0.1, 0.15) is 12.0 Å². The van der Waals surface area contributed by atoms with Crippen molar-refractivity contribution in [3.63, 3.8) is 0 Å². The molecule has 21 heavy (non-hydrogen) atoms. The van der Waals surface area contributed by atoms with Crippen LogP contribution in [0.5, 0.6) is 0 Å². The Hall–Kier alpha value is -2.49. The van der Waals surface area contributed by atoms with Crippen LogP contribution in [0.25, 0.3) is 22.2 Å². The quantitative estimate of drug-likeness (QED) is 0.665. The highest BCUT2D eigenvalue weighted by Gasteiger charge is 2.17. The minimum Gasteiger partial charge on any atom is -0.384 e. The molecule has 1 aliphatic heterocycles. The summed E-state index contributed by atoms with van der Waals surface area (Å²) in [6.45, 7) is 0.946. The third-order valence-corrected chi connectivity index (χ3v) is 4.28. The molecule has 2 aromatic heterocycles. The molecule has 4 heteroatoms. The molecule has 3 aromatic rings. The van der Waals surface area contributed by atoms with Gasteiger partial charge in [0.15, 0.2) is 0 Å². The molecule has 1 aliphatic rings. The Balaban J connectivity index is 2.10. The number of hydrogen-bond donors (Lipinski definition) is 2. The largest absolute Gasteiger partial charge is 0.384 e. The highest BCUT2D eigenvalue weighted by Crippen LogP contribution is 2.35. The first-order valence-electron chi connectivity index (χ1n) is 7.28. The topological polar surface area (TPSA) is 49.8 Å². The second-order valence-corrected chi connectivity index (χ2v) is 5.60. The van der Waals surface area contributed by atoms with Crippen molar-refractivity contribution in [3.8, 4) is 11.3 Å². The lowest BCUT2D eigenvalue weighted by Gasteiger charge is -2.21. The molecular weight excluding hydrogens is 262 g/mol. The molecule has 0 saturated heterocycles. The summed E-state index contributed by atoms with van der Waals surface area (Å²) in [5.41, 5.74) is 5.63. The van der Waals surface area contributed by atoms with E-state index in [4.69, 9.17) is 0 Å². The third kappa shape index (κ3) is 1.87. The van der Waals surface area contributed by atoms with Crippen LogP contribution in [0.3, 0.4) is 0 Å². The lowest BCUT2D eigenvalue weighted by atomic mass is 9.97. The molecule has 3 heterocycles. The van der Waals surface area contributed by atoms with Gasteiger partial charge in [-0.1, -0.05) is 6.07 Å². The molecule has 0 saturated carbocycles. The second-order valence-electron chi connectivity index (χ2n) is 5.60. The van der Waals surface area contributed by atoms with Gasteiger partial charge in [-0.2, -0.15) is 0 Å². The molecular formula is C17H17N3O. The molecule has 0 spiro atoms. The summed E-state index contributed by atoms with van der Waals surface area (Å²) in [7, 11) is 1.86. The van der Waals surface area contributed by atoms with Crippen molar-refractivity contribution in [1.29, 1.82) is 0 Å². The summed E-state index contributed by atoms with van der Waals surface area (Å²) in [6.07, 6.45) is 4.00. The predicted octanol–water partition coefficient (Wildman–Crippen LogP) is 2.89. The highest BCUT2D eigenvalue weighted by molar-refractivity contribution is 5.92. The zero-order valence-electron chi connectivity index (χ0n) is 11.9. The van der Waals surface area contributed by atoms with E-state index in [9.17, 15) is 4.79 Å². The molecule has 0 atom stereocenters. The monoisotopic (exact) mass is 279 g/mol. The number of anilines is 1. The molecule has 0 aliphatic carbocycles. The van der Waals surface area contributed by atoms with Gasteiger partial charge in [0.2, 0.25) is 0 Å². The molecule has 1 aromatic carbocycles. The first-order chi connectivity index (χ1) is 10.2. The molecule has 0 radical (unpaired) electrons. The number of aryl methyl sites for hydroxylation is 1. The fourth-order valence-electron chi connectivity index (χ4n) is 3.19. The average molecular weight is 279 g/mol. The Morgan fingerprint density at radius 3 is 3.00 bits per heavy atom. The van der Waals surface area contributed by atoms with E-state index in [1.165, 1.54) is 10.9 Å². The van der Waals surface area contributed by atoms with Crippen LogP contribution in [0.2, 0.25) is 0 Å². The second kappa shape index (κ2) is 4.52. The summed E-state index contributed by atoms with van der Waals surface area (Å²) < 4.78 is 1.76. The van der Waals surface area contributed by atoms with Crippen LogP contribution >= 0.6 is 0 Å². The molecule has 2 N–H and O–H groups in total. The SMILES string of the molecule is Cn1c2c(ccc1=O)CCCNc1cc3[nH]ccc3cc1-2. The maximum atomic E-state index is 12.0. The van der Waals surface area contributed by atoms with Crippen molar-refractivity contribution in [1.82, 2.24) is 9.55 Å². The van der Waals surface area contributed by atoms with Gasteiger partial charge in [-0.15, -0.1) is 0 Å². The van der Waals surface area contributed by atoms with Gasteiger partial charge in [0.25, 0.3) is 5.56 Å². The molecule has 0 fully saturated rings. The van der Waals surface area contributed by atoms with Crippen LogP contribution in [0, 0.1) is 0 Å². The van der Waals surface area contributed by atoms with Crippen molar-refractivity contribution >= 4 is 16.6 Å². The van der Waals surface area contributed by atoms with Gasteiger partial charge in [0, 0.05) is 48.0 Å². The maximum absolute atomic E-state index is 12.0. The van der Waals surface area contributed by atoms with Crippen molar-refractivity contribution in [2.75, 3.05) is 11.9 Å². The molecule has 0 amide bonds. The maximum Gasteiger partial charge on any atom is 0.250 e. The van der Waals surface area contributed by atoms with Crippen molar-refractivity contribution in [3.05, 3.63) is 52.4 Å². The number of aromatic nitrogens is 2. The molecule has 106 valence electrons. The van der Waals surface area contributed by atoms with Crippen molar-refractivity contribution in [2.24, 2.45) is 7.05 Å². The van der Waals surface area contributed by atoms with Gasteiger partial charge in [-0.3, -0.25) is 4.79 Å². The zero-order valence-corrected chi connectivity index (χ0v) is 11.9. The summed E-state index contributed by atoms with van der Waals surface area (Å²) >= 11 is 0. The van der Waals surface area contributed by atoms with Crippen LogP contribution in [0.15, 0.2) is 41.3 Å². The number of benzene rings is 1. The Morgan fingerprint density at radius 1 is 1.19 bits per heavy atom. The number of pyridine rings is 1. The minimum atomic E-state index is 0.0365. The fraction of sp³-hybridized carbons (Fsp3) is 0.235. The third-order valence-electron chi connectivity index (χ3n) is 4.28. The van der Waals surface area contributed by atoms with E-state index in [1.54, 1.807) is 10.6 Å². The average Bonchev–Trinajstić information content (AvgIpc) is 2.91. The number of H-pyrrole nitrogens is 1. The number of aromatic amines is 1. The molecule has 4 rings (SSSR count). The lowest BCUT2D eigenvalue weighted by Crippen LogP contribution is -2.21. The highest BCUT2D eigenvalue weighted by atomic mass is 16.1. The molecule has 0 bridgehead atoms. The first kappa shape index (κ1) is 12.3. The van der Waals surface area contributed by atoms with Gasteiger partial charge in [0.05, 0.1) is 5.69 Å². The zero-order chi connectivity index (χ0) is 14.4. The number of hydrogen-bond acceptors (Lipinski definition) is 2. The molecule has 4 nitrogen and oxygen atoms in total. The summed E-state index contributed by atoms with van der Waals surface area (Å²) in [6, 6.07) is 10.0.